The molecule has 0 saturated heterocycles. The summed E-state index contributed by atoms with van der Waals surface area (Å²) in [4.78, 5) is 8.77. The Labute approximate surface area is 95.5 Å². The van der Waals surface area contributed by atoms with Gasteiger partial charge in [-0.3, -0.25) is 0 Å². The number of aromatic nitrogens is 3. The minimum Gasteiger partial charge on any atom is -0.330 e. The summed E-state index contributed by atoms with van der Waals surface area (Å²) in [5.41, 5.74) is 7.66. The number of nitrogens with two attached hydrogens (primary N) is 1. The molecule has 4 nitrogen and oxygen atoms in total. The second kappa shape index (κ2) is 4.61. The van der Waals surface area contributed by atoms with Crippen molar-refractivity contribution in [3.63, 3.8) is 0 Å². The zero-order valence-corrected chi connectivity index (χ0v) is 9.85. The van der Waals surface area contributed by atoms with Gasteiger partial charge in [-0.1, -0.05) is 0 Å². The molecule has 2 N–H and O–H groups in total. The Balaban J connectivity index is 2.15. The number of hydrogen-bond acceptors (Lipinski definition) is 3. The Bertz CT molecular complexity index is 473. The second-order valence-corrected chi connectivity index (χ2v) is 4.30. The van der Waals surface area contributed by atoms with Gasteiger partial charge >= 0.3 is 0 Å². The molecule has 16 heavy (non-hydrogen) atoms. The summed E-state index contributed by atoms with van der Waals surface area (Å²) in [5.74, 6) is 1.09. The van der Waals surface area contributed by atoms with E-state index in [1.807, 2.05) is 26.1 Å². The first kappa shape index (κ1) is 11.1. The number of fused-ring (bicyclic) bond motifs is 1. The van der Waals surface area contributed by atoms with Crippen LogP contribution in [0.5, 0.6) is 0 Å². The van der Waals surface area contributed by atoms with Crippen molar-refractivity contribution < 1.29 is 0 Å². The summed E-state index contributed by atoms with van der Waals surface area (Å²) in [5, 5.41) is 0. The van der Waals surface area contributed by atoms with E-state index in [2.05, 4.69) is 14.5 Å². The van der Waals surface area contributed by atoms with Crippen molar-refractivity contribution in [2.24, 2.45) is 12.8 Å². The summed E-state index contributed by atoms with van der Waals surface area (Å²) in [7, 11) is 2.04. The lowest BCUT2D eigenvalue weighted by atomic mass is 10.1. The second-order valence-electron chi connectivity index (χ2n) is 4.30. The molecule has 0 fully saturated rings. The van der Waals surface area contributed by atoms with Crippen LogP contribution in [-0.2, 0) is 13.5 Å². The molecule has 1 atom stereocenters. The highest BCUT2D eigenvalue weighted by Gasteiger charge is 2.07. The molecule has 0 aliphatic heterocycles. The van der Waals surface area contributed by atoms with Crippen LogP contribution in [-0.4, -0.2) is 20.6 Å². The number of imidazole rings is 1. The number of rotatable bonds is 4. The standard InChI is InChI=1S/C12H18N4/c1-9(13)5-3-7-11-15-12-10(16(11)2)6-4-8-14-12/h4,6,8-9H,3,5,7,13H2,1-2H3. The number of pyridine rings is 1. The molecule has 4 heteroatoms. The minimum atomic E-state index is 0.271. The lowest BCUT2D eigenvalue weighted by Gasteiger charge is -2.04. The molecule has 2 heterocycles. The van der Waals surface area contributed by atoms with E-state index >= 15 is 0 Å². The predicted molar refractivity (Wildman–Crippen MR) is 65.1 cm³/mol. The molecule has 2 aromatic heterocycles. The van der Waals surface area contributed by atoms with Gasteiger partial charge in [0, 0.05) is 25.7 Å². The third-order valence-corrected chi connectivity index (χ3v) is 2.81. The van der Waals surface area contributed by atoms with Gasteiger partial charge in [0.1, 0.15) is 5.82 Å². The number of nitrogens with zero attached hydrogens (tertiary/aromatic N) is 3. The summed E-state index contributed by atoms with van der Waals surface area (Å²) >= 11 is 0. The van der Waals surface area contributed by atoms with Gasteiger partial charge in [-0.05, 0) is 31.9 Å². The van der Waals surface area contributed by atoms with Crippen LogP contribution in [0, 0.1) is 0 Å². The van der Waals surface area contributed by atoms with Crippen molar-refractivity contribution >= 4 is 11.2 Å². The van der Waals surface area contributed by atoms with Crippen LogP contribution in [0.3, 0.4) is 0 Å². The van der Waals surface area contributed by atoms with Gasteiger partial charge in [0.15, 0.2) is 5.65 Å². The average molecular weight is 218 g/mol. The van der Waals surface area contributed by atoms with E-state index in [0.29, 0.717) is 0 Å². The van der Waals surface area contributed by atoms with Crippen LogP contribution in [0.2, 0.25) is 0 Å². The first-order chi connectivity index (χ1) is 7.68. The molecule has 0 saturated carbocycles. The van der Waals surface area contributed by atoms with Crippen LogP contribution in [0.15, 0.2) is 18.3 Å². The summed E-state index contributed by atoms with van der Waals surface area (Å²) in [6.45, 7) is 2.04. The van der Waals surface area contributed by atoms with E-state index in [9.17, 15) is 0 Å². The topological polar surface area (TPSA) is 56.7 Å². The Morgan fingerprint density at radius 1 is 1.50 bits per heavy atom. The first-order valence-electron chi connectivity index (χ1n) is 5.70. The fraction of sp³-hybridized carbons (Fsp3) is 0.500. The van der Waals surface area contributed by atoms with Crippen molar-refractivity contribution in [1.29, 1.82) is 0 Å². The van der Waals surface area contributed by atoms with Gasteiger partial charge in [-0.15, -0.1) is 0 Å². The molecule has 0 spiro atoms. The molecule has 0 bridgehead atoms. The summed E-state index contributed by atoms with van der Waals surface area (Å²) in [6, 6.07) is 4.26. The lowest BCUT2D eigenvalue weighted by Crippen LogP contribution is -2.14. The molecule has 0 aliphatic carbocycles. The maximum absolute atomic E-state index is 5.73. The van der Waals surface area contributed by atoms with Gasteiger partial charge in [-0.25, -0.2) is 9.97 Å². The van der Waals surface area contributed by atoms with Crippen LogP contribution in [0.1, 0.15) is 25.6 Å². The lowest BCUT2D eigenvalue weighted by molar-refractivity contribution is 0.607. The smallest absolute Gasteiger partial charge is 0.177 e. The van der Waals surface area contributed by atoms with Crippen LogP contribution in [0.4, 0.5) is 0 Å². The molecule has 1 unspecified atom stereocenters. The molecular weight excluding hydrogens is 200 g/mol. The highest BCUT2D eigenvalue weighted by molar-refractivity contribution is 5.71. The molecule has 86 valence electrons. The van der Waals surface area contributed by atoms with E-state index in [1.165, 1.54) is 0 Å². The van der Waals surface area contributed by atoms with Crippen LogP contribution in [0.25, 0.3) is 11.2 Å². The van der Waals surface area contributed by atoms with Gasteiger partial charge in [-0.2, -0.15) is 0 Å². The zero-order valence-electron chi connectivity index (χ0n) is 9.85. The molecule has 0 aromatic carbocycles. The van der Waals surface area contributed by atoms with Crippen molar-refractivity contribution in [3.05, 3.63) is 24.2 Å². The largest absolute Gasteiger partial charge is 0.330 e. The minimum absolute atomic E-state index is 0.271. The average Bonchev–Trinajstić information content (AvgIpc) is 2.56. The van der Waals surface area contributed by atoms with Gasteiger partial charge in [0.05, 0.1) is 5.52 Å². The number of hydrogen-bond donors (Lipinski definition) is 1. The third-order valence-electron chi connectivity index (χ3n) is 2.81. The highest BCUT2D eigenvalue weighted by atomic mass is 15.1. The van der Waals surface area contributed by atoms with E-state index in [4.69, 9.17) is 5.73 Å². The normalized spacial score (nSPS) is 13.2. The Hall–Kier alpha value is -1.42. The maximum Gasteiger partial charge on any atom is 0.177 e. The van der Waals surface area contributed by atoms with Gasteiger partial charge < -0.3 is 10.3 Å². The monoisotopic (exact) mass is 218 g/mol. The third kappa shape index (κ3) is 2.22. The summed E-state index contributed by atoms with van der Waals surface area (Å²) < 4.78 is 2.11. The quantitative estimate of drug-likeness (QED) is 0.848. The van der Waals surface area contributed by atoms with Crippen molar-refractivity contribution in [1.82, 2.24) is 14.5 Å². The SMILES string of the molecule is CC(N)CCCc1nc2ncccc2n1C. The Kier molecular flexibility index (Phi) is 3.19. The van der Waals surface area contributed by atoms with Crippen LogP contribution >= 0.6 is 0 Å². The molecule has 0 aliphatic rings. The highest BCUT2D eigenvalue weighted by Crippen LogP contribution is 2.13. The molecule has 0 radical (unpaired) electrons. The molecule has 2 rings (SSSR count). The van der Waals surface area contributed by atoms with Gasteiger partial charge in [0.25, 0.3) is 0 Å². The van der Waals surface area contributed by atoms with Crippen molar-refractivity contribution in [2.45, 2.75) is 32.2 Å². The fourth-order valence-corrected chi connectivity index (χ4v) is 1.88. The fourth-order valence-electron chi connectivity index (χ4n) is 1.88. The Morgan fingerprint density at radius 3 is 3.00 bits per heavy atom. The number of aryl methyl sites for hydroxylation is 2. The van der Waals surface area contributed by atoms with Crippen molar-refractivity contribution in [3.8, 4) is 0 Å². The molecule has 2 aromatic rings. The Morgan fingerprint density at radius 2 is 2.31 bits per heavy atom. The summed E-state index contributed by atoms with van der Waals surface area (Å²) in [6.07, 6.45) is 4.86. The van der Waals surface area contributed by atoms with Crippen molar-refractivity contribution in [2.75, 3.05) is 0 Å². The van der Waals surface area contributed by atoms with Crippen LogP contribution < -0.4 is 5.73 Å². The molecular formula is C12H18N4. The first-order valence-corrected chi connectivity index (χ1v) is 5.70. The van der Waals surface area contributed by atoms with E-state index in [0.717, 1.165) is 36.3 Å². The van der Waals surface area contributed by atoms with E-state index < -0.39 is 0 Å². The molecule has 0 amide bonds. The zero-order chi connectivity index (χ0) is 11.5. The predicted octanol–water partition coefficient (Wildman–Crippen LogP) is 1.64. The van der Waals surface area contributed by atoms with Gasteiger partial charge in [0.2, 0.25) is 0 Å². The van der Waals surface area contributed by atoms with E-state index in [1.54, 1.807) is 6.20 Å². The maximum atomic E-state index is 5.73. The van der Waals surface area contributed by atoms with E-state index in [-0.39, 0.29) is 6.04 Å².